The third-order valence-corrected chi connectivity index (χ3v) is 2.58. The Bertz CT molecular complexity index is 181. The van der Waals surface area contributed by atoms with Crippen molar-refractivity contribution >= 4 is 0 Å². The van der Waals surface area contributed by atoms with Crippen LogP contribution in [0.5, 0.6) is 0 Å². The number of rotatable bonds is 5. The van der Waals surface area contributed by atoms with Crippen molar-refractivity contribution in [3.05, 3.63) is 11.6 Å². The fraction of sp³-hybridized carbons (Fsp3) is 0.833. The molecule has 1 atom stereocenters. The normalized spacial score (nSPS) is 23.4. The number of nitrogens with one attached hydrogen (secondary N) is 1. The van der Waals surface area contributed by atoms with Crippen LogP contribution in [0.15, 0.2) is 11.6 Å². The zero-order valence-corrected chi connectivity index (χ0v) is 9.68. The highest BCUT2D eigenvalue weighted by Crippen LogP contribution is 2.15. The van der Waals surface area contributed by atoms with Crippen molar-refractivity contribution in [1.82, 2.24) is 5.32 Å². The van der Waals surface area contributed by atoms with Gasteiger partial charge in [-0.3, -0.25) is 0 Å². The average molecular weight is 197 g/mol. The zero-order chi connectivity index (χ0) is 10.4. The fourth-order valence-electron chi connectivity index (χ4n) is 1.63. The van der Waals surface area contributed by atoms with Crippen molar-refractivity contribution in [3.8, 4) is 0 Å². The minimum atomic E-state index is 0.388. The molecule has 0 aromatic rings. The molecular weight excluding hydrogens is 174 g/mol. The maximum Gasteiger partial charge on any atom is 0.0759 e. The van der Waals surface area contributed by atoms with E-state index >= 15 is 0 Å². The Morgan fingerprint density at radius 2 is 2.36 bits per heavy atom. The van der Waals surface area contributed by atoms with Gasteiger partial charge in [-0.05, 0) is 19.3 Å². The molecule has 1 N–H and O–H groups in total. The number of ether oxygens (including phenoxy) is 1. The summed E-state index contributed by atoms with van der Waals surface area (Å²) >= 11 is 0. The van der Waals surface area contributed by atoms with E-state index in [1.54, 1.807) is 0 Å². The van der Waals surface area contributed by atoms with E-state index in [0.717, 1.165) is 19.6 Å². The molecule has 1 heterocycles. The fourth-order valence-corrected chi connectivity index (χ4v) is 1.63. The van der Waals surface area contributed by atoms with Gasteiger partial charge in [0.25, 0.3) is 0 Å². The summed E-state index contributed by atoms with van der Waals surface area (Å²) in [6.07, 6.45) is 6.24. The SMILES string of the molecule is CC/C(=C\C1CCCO1)CNC(C)C. The first kappa shape index (κ1) is 11.7. The first-order valence-corrected chi connectivity index (χ1v) is 5.77. The summed E-state index contributed by atoms with van der Waals surface area (Å²) in [5.74, 6) is 0. The van der Waals surface area contributed by atoms with Crippen molar-refractivity contribution in [2.24, 2.45) is 0 Å². The Morgan fingerprint density at radius 1 is 1.57 bits per heavy atom. The lowest BCUT2D eigenvalue weighted by atomic mass is 10.1. The van der Waals surface area contributed by atoms with E-state index in [0.29, 0.717) is 12.1 Å². The molecule has 1 saturated heterocycles. The molecule has 0 bridgehead atoms. The van der Waals surface area contributed by atoms with Crippen LogP contribution in [0.1, 0.15) is 40.0 Å². The van der Waals surface area contributed by atoms with Crippen LogP contribution in [0.3, 0.4) is 0 Å². The molecule has 0 aliphatic carbocycles. The van der Waals surface area contributed by atoms with Crippen molar-refractivity contribution in [3.63, 3.8) is 0 Å². The highest BCUT2D eigenvalue weighted by molar-refractivity contribution is 5.07. The molecule has 82 valence electrons. The second kappa shape index (κ2) is 6.20. The molecule has 0 spiro atoms. The van der Waals surface area contributed by atoms with Gasteiger partial charge < -0.3 is 10.1 Å². The van der Waals surface area contributed by atoms with Crippen molar-refractivity contribution < 1.29 is 4.74 Å². The monoisotopic (exact) mass is 197 g/mol. The maximum absolute atomic E-state index is 5.59. The molecule has 0 amide bonds. The van der Waals surface area contributed by atoms with Crippen LogP contribution in [0, 0.1) is 0 Å². The molecule has 14 heavy (non-hydrogen) atoms. The predicted molar refractivity (Wildman–Crippen MR) is 60.5 cm³/mol. The Labute approximate surface area is 87.7 Å². The summed E-state index contributed by atoms with van der Waals surface area (Å²) in [5.41, 5.74) is 1.48. The van der Waals surface area contributed by atoms with Crippen LogP contribution in [-0.4, -0.2) is 25.3 Å². The van der Waals surface area contributed by atoms with Crippen LogP contribution in [-0.2, 0) is 4.74 Å². The van der Waals surface area contributed by atoms with Gasteiger partial charge in [0.2, 0.25) is 0 Å². The lowest BCUT2D eigenvalue weighted by Gasteiger charge is -2.12. The van der Waals surface area contributed by atoms with E-state index in [1.165, 1.54) is 18.4 Å². The van der Waals surface area contributed by atoms with Gasteiger partial charge in [0, 0.05) is 19.2 Å². The lowest BCUT2D eigenvalue weighted by molar-refractivity contribution is 0.145. The molecule has 1 aliphatic heterocycles. The molecule has 2 nitrogen and oxygen atoms in total. The number of hydrogen-bond donors (Lipinski definition) is 1. The first-order chi connectivity index (χ1) is 6.72. The van der Waals surface area contributed by atoms with Crippen molar-refractivity contribution in [1.29, 1.82) is 0 Å². The summed E-state index contributed by atoms with van der Waals surface area (Å²) < 4.78 is 5.59. The third-order valence-electron chi connectivity index (χ3n) is 2.58. The maximum atomic E-state index is 5.59. The van der Waals surface area contributed by atoms with Crippen molar-refractivity contribution in [2.75, 3.05) is 13.2 Å². The molecule has 1 unspecified atom stereocenters. The molecule has 0 saturated carbocycles. The lowest BCUT2D eigenvalue weighted by Crippen LogP contribution is -2.25. The van der Waals surface area contributed by atoms with Gasteiger partial charge in [-0.2, -0.15) is 0 Å². The van der Waals surface area contributed by atoms with E-state index in [4.69, 9.17) is 4.74 Å². The van der Waals surface area contributed by atoms with Crippen LogP contribution in [0.25, 0.3) is 0 Å². The molecule has 1 aliphatic rings. The summed E-state index contributed by atoms with van der Waals surface area (Å²) in [6.45, 7) is 8.52. The predicted octanol–water partition coefficient (Wildman–Crippen LogP) is 2.50. The van der Waals surface area contributed by atoms with Crippen molar-refractivity contribution in [2.45, 2.75) is 52.2 Å². The van der Waals surface area contributed by atoms with Crippen LogP contribution in [0.4, 0.5) is 0 Å². The van der Waals surface area contributed by atoms with E-state index in [2.05, 4.69) is 32.2 Å². The molecule has 1 fully saturated rings. The molecule has 0 radical (unpaired) electrons. The standard InChI is InChI=1S/C12H23NO/c1-4-11(9-13-10(2)3)8-12-6-5-7-14-12/h8,10,12-13H,4-7,9H2,1-3H3/b11-8+. The topological polar surface area (TPSA) is 21.3 Å². The van der Waals surface area contributed by atoms with Gasteiger partial charge in [0.05, 0.1) is 6.10 Å². The Balaban J connectivity index is 2.35. The average Bonchev–Trinajstić information content (AvgIpc) is 2.64. The van der Waals surface area contributed by atoms with Gasteiger partial charge in [-0.15, -0.1) is 0 Å². The van der Waals surface area contributed by atoms with E-state index in [-0.39, 0.29) is 0 Å². The van der Waals surface area contributed by atoms with Crippen LogP contribution >= 0.6 is 0 Å². The molecule has 0 aromatic heterocycles. The smallest absolute Gasteiger partial charge is 0.0759 e. The molecule has 2 heteroatoms. The van der Waals surface area contributed by atoms with E-state index < -0.39 is 0 Å². The van der Waals surface area contributed by atoms with Gasteiger partial charge in [0.15, 0.2) is 0 Å². The highest BCUT2D eigenvalue weighted by atomic mass is 16.5. The summed E-state index contributed by atoms with van der Waals surface area (Å²) in [7, 11) is 0. The minimum Gasteiger partial charge on any atom is -0.374 e. The van der Waals surface area contributed by atoms with E-state index in [1.807, 2.05) is 0 Å². The third kappa shape index (κ3) is 4.25. The number of hydrogen-bond acceptors (Lipinski definition) is 2. The summed E-state index contributed by atoms with van der Waals surface area (Å²) in [6, 6.07) is 0.564. The Hall–Kier alpha value is -0.340. The molecule has 0 aromatic carbocycles. The molecule has 1 rings (SSSR count). The molecular formula is C12H23NO. The Kier molecular flexibility index (Phi) is 5.20. The zero-order valence-electron chi connectivity index (χ0n) is 9.68. The summed E-state index contributed by atoms with van der Waals surface area (Å²) in [4.78, 5) is 0. The van der Waals surface area contributed by atoms with Gasteiger partial charge >= 0.3 is 0 Å². The largest absolute Gasteiger partial charge is 0.374 e. The van der Waals surface area contributed by atoms with Gasteiger partial charge in [-0.25, -0.2) is 0 Å². The van der Waals surface area contributed by atoms with Gasteiger partial charge in [0.1, 0.15) is 0 Å². The van der Waals surface area contributed by atoms with Gasteiger partial charge in [-0.1, -0.05) is 32.4 Å². The quantitative estimate of drug-likeness (QED) is 0.684. The Morgan fingerprint density at radius 3 is 2.86 bits per heavy atom. The second-order valence-electron chi connectivity index (χ2n) is 4.27. The highest BCUT2D eigenvalue weighted by Gasteiger charge is 2.13. The summed E-state index contributed by atoms with van der Waals surface area (Å²) in [5, 5.41) is 3.45. The minimum absolute atomic E-state index is 0.388. The van der Waals surface area contributed by atoms with Crippen LogP contribution < -0.4 is 5.32 Å². The second-order valence-corrected chi connectivity index (χ2v) is 4.27. The van der Waals surface area contributed by atoms with Crippen LogP contribution in [0.2, 0.25) is 0 Å². The van der Waals surface area contributed by atoms with E-state index in [9.17, 15) is 0 Å². The first-order valence-electron chi connectivity index (χ1n) is 5.77.